The Morgan fingerprint density at radius 2 is 1.83 bits per heavy atom. The number of anilines is 1. The fourth-order valence-corrected chi connectivity index (χ4v) is 2.82. The monoisotopic (exact) mass is 245 g/mol. The molecule has 0 spiro atoms. The second-order valence-corrected chi connectivity index (χ2v) is 5.57. The molecule has 0 unspecified atom stereocenters. The van der Waals surface area contributed by atoms with E-state index in [9.17, 15) is 4.79 Å². The van der Waals surface area contributed by atoms with Gasteiger partial charge in [-0.2, -0.15) is 0 Å². The van der Waals surface area contributed by atoms with E-state index in [4.69, 9.17) is 5.11 Å². The van der Waals surface area contributed by atoms with Crippen LogP contribution >= 0.6 is 0 Å². The molecule has 1 aromatic carbocycles. The van der Waals surface area contributed by atoms with Crippen LogP contribution in [0.25, 0.3) is 0 Å². The summed E-state index contributed by atoms with van der Waals surface area (Å²) in [7, 11) is 0. The molecule has 0 amide bonds. The van der Waals surface area contributed by atoms with Gasteiger partial charge in [0.1, 0.15) is 0 Å². The van der Waals surface area contributed by atoms with Crippen LogP contribution in [0, 0.1) is 17.8 Å². The topological polar surface area (TPSA) is 49.3 Å². The third-order valence-corrected chi connectivity index (χ3v) is 4.14. The third kappa shape index (κ3) is 2.50. The van der Waals surface area contributed by atoms with Crippen LogP contribution in [0.4, 0.5) is 5.69 Å². The van der Waals surface area contributed by atoms with Crippen molar-refractivity contribution in [3.63, 3.8) is 0 Å². The lowest BCUT2D eigenvalue weighted by Gasteiger charge is -2.18. The van der Waals surface area contributed by atoms with Gasteiger partial charge in [0.25, 0.3) is 0 Å². The summed E-state index contributed by atoms with van der Waals surface area (Å²) in [5.74, 6) is 1.68. The maximum Gasteiger partial charge on any atom is 0.337 e. The van der Waals surface area contributed by atoms with Gasteiger partial charge < -0.3 is 10.4 Å². The second-order valence-electron chi connectivity index (χ2n) is 5.57. The maximum absolute atomic E-state index is 11.1. The molecule has 2 fully saturated rings. The molecule has 18 heavy (non-hydrogen) atoms. The lowest BCUT2D eigenvalue weighted by Crippen LogP contribution is -2.19. The van der Waals surface area contributed by atoms with Crippen molar-refractivity contribution < 1.29 is 9.90 Å². The van der Waals surface area contributed by atoms with Gasteiger partial charge in [-0.3, -0.25) is 0 Å². The summed E-state index contributed by atoms with van der Waals surface area (Å²) in [6.07, 6.45) is 5.46. The van der Waals surface area contributed by atoms with Crippen molar-refractivity contribution in [2.75, 3.05) is 11.9 Å². The number of hydrogen-bond acceptors (Lipinski definition) is 2. The summed E-state index contributed by atoms with van der Waals surface area (Å²) in [6.45, 7) is 0.930. The van der Waals surface area contributed by atoms with E-state index in [1.54, 1.807) is 12.1 Å². The number of rotatable bonds is 6. The van der Waals surface area contributed by atoms with Crippen LogP contribution in [-0.2, 0) is 0 Å². The van der Waals surface area contributed by atoms with E-state index in [-0.39, 0.29) is 0 Å². The van der Waals surface area contributed by atoms with Gasteiger partial charge in [-0.25, -0.2) is 4.79 Å². The Bertz CT molecular complexity index is 438. The normalized spacial score (nSPS) is 18.9. The molecule has 0 radical (unpaired) electrons. The molecule has 96 valence electrons. The van der Waals surface area contributed by atoms with Gasteiger partial charge in [0.15, 0.2) is 0 Å². The summed E-state index contributed by atoms with van der Waals surface area (Å²) in [5, 5.41) is 12.5. The zero-order valence-corrected chi connectivity index (χ0v) is 10.4. The molecule has 0 aromatic heterocycles. The molecule has 0 aliphatic heterocycles. The van der Waals surface area contributed by atoms with E-state index >= 15 is 0 Å². The summed E-state index contributed by atoms with van der Waals surface area (Å²) in [4.78, 5) is 11.1. The molecule has 0 saturated heterocycles. The average molecular weight is 245 g/mol. The van der Waals surface area contributed by atoms with Gasteiger partial charge in [0.05, 0.1) is 5.56 Å². The standard InChI is InChI=1S/C15H19NO2/c17-15(18)12-3-1-2-4-14(12)16-9-13(10-5-6-10)11-7-8-11/h1-4,10-11,13,16H,5-9H2,(H,17,18). The first-order valence-corrected chi connectivity index (χ1v) is 6.82. The molecule has 0 heterocycles. The fourth-order valence-electron chi connectivity index (χ4n) is 2.82. The van der Waals surface area contributed by atoms with Gasteiger partial charge in [-0.15, -0.1) is 0 Å². The van der Waals surface area contributed by atoms with Gasteiger partial charge in [-0.1, -0.05) is 12.1 Å². The number of hydrogen-bond donors (Lipinski definition) is 2. The minimum absolute atomic E-state index is 0.378. The van der Waals surface area contributed by atoms with Gasteiger partial charge in [0, 0.05) is 12.2 Å². The van der Waals surface area contributed by atoms with Gasteiger partial charge in [0.2, 0.25) is 0 Å². The molecule has 2 saturated carbocycles. The number of carboxylic acids is 1. The number of carboxylic acid groups (broad SMARTS) is 1. The van der Waals surface area contributed by atoms with E-state index in [1.807, 2.05) is 12.1 Å². The largest absolute Gasteiger partial charge is 0.478 e. The van der Waals surface area contributed by atoms with Crippen molar-refractivity contribution in [1.82, 2.24) is 0 Å². The Kier molecular flexibility index (Phi) is 2.98. The summed E-state index contributed by atoms with van der Waals surface area (Å²) >= 11 is 0. The molecule has 2 aliphatic rings. The smallest absolute Gasteiger partial charge is 0.337 e. The molecule has 1 aromatic rings. The van der Waals surface area contributed by atoms with E-state index in [0.29, 0.717) is 5.56 Å². The molecule has 2 N–H and O–H groups in total. The molecule has 0 atom stereocenters. The van der Waals surface area contributed by atoms with E-state index in [1.165, 1.54) is 25.7 Å². The van der Waals surface area contributed by atoms with Crippen LogP contribution in [0.1, 0.15) is 36.0 Å². The highest BCUT2D eigenvalue weighted by atomic mass is 16.4. The van der Waals surface area contributed by atoms with Crippen LogP contribution in [0.3, 0.4) is 0 Å². The van der Waals surface area contributed by atoms with Crippen LogP contribution in [0.2, 0.25) is 0 Å². The van der Waals surface area contributed by atoms with Crippen LogP contribution < -0.4 is 5.32 Å². The Morgan fingerprint density at radius 1 is 1.22 bits per heavy atom. The molecular formula is C15H19NO2. The van der Waals surface area contributed by atoms with Crippen LogP contribution in [-0.4, -0.2) is 17.6 Å². The van der Waals surface area contributed by atoms with Crippen molar-refractivity contribution in [3.8, 4) is 0 Å². The zero-order chi connectivity index (χ0) is 12.5. The zero-order valence-electron chi connectivity index (χ0n) is 10.4. The molecule has 3 nitrogen and oxygen atoms in total. The molecular weight excluding hydrogens is 226 g/mol. The lowest BCUT2D eigenvalue weighted by atomic mass is 9.97. The average Bonchev–Trinajstić information content (AvgIpc) is 3.24. The molecule has 3 heteroatoms. The van der Waals surface area contributed by atoms with Crippen molar-refractivity contribution in [2.45, 2.75) is 25.7 Å². The SMILES string of the molecule is O=C(O)c1ccccc1NCC(C1CC1)C1CC1. The van der Waals surface area contributed by atoms with Crippen molar-refractivity contribution in [2.24, 2.45) is 17.8 Å². The van der Waals surface area contributed by atoms with Crippen molar-refractivity contribution >= 4 is 11.7 Å². The lowest BCUT2D eigenvalue weighted by molar-refractivity contribution is 0.0698. The van der Waals surface area contributed by atoms with E-state index in [0.717, 1.165) is 30.0 Å². The predicted molar refractivity (Wildman–Crippen MR) is 70.8 cm³/mol. The summed E-state index contributed by atoms with van der Waals surface area (Å²) in [5.41, 5.74) is 1.14. The predicted octanol–water partition coefficient (Wildman–Crippen LogP) is 3.23. The number of aromatic carboxylic acids is 1. The van der Waals surface area contributed by atoms with Crippen LogP contribution in [0.15, 0.2) is 24.3 Å². The Morgan fingerprint density at radius 3 is 2.39 bits per heavy atom. The highest BCUT2D eigenvalue weighted by molar-refractivity contribution is 5.94. The van der Waals surface area contributed by atoms with Crippen molar-refractivity contribution in [3.05, 3.63) is 29.8 Å². The first kappa shape index (κ1) is 11.6. The van der Waals surface area contributed by atoms with Crippen LogP contribution in [0.5, 0.6) is 0 Å². The second kappa shape index (κ2) is 4.63. The molecule has 3 rings (SSSR count). The quantitative estimate of drug-likeness (QED) is 0.809. The summed E-state index contributed by atoms with van der Waals surface area (Å²) in [6, 6.07) is 7.18. The molecule has 2 aliphatic carbocycles. The number of nitrogens with one attached hydrogen (secondary N) is 1. The number of carbonyl (C=O) groups is 1. The number of para-hydroxylation sites is 1. The van der Waals surface area contributed by atoms with E-state index in [2.05, 4.69) is 5.32 Å². The summed E-state index contributed by atoms with van der Waals surface area (Å²) < 4.78 is 0. The number of benzene rings is 1. The minimum Gasteiger partial charge on any atom is -0.478 e. The first-order chi connectivity index (χ1) is 8.75. The third-order valence-electron chi connectivity index (χ3n) is 4.14. The van der Waals surface area contributed by atoms with Crippen molar-refractivity contribution in [1.29, 1.82) is 0 Å². The Balaban J connectivity index is 1.66. The van der Waals surface area contributed by atoms with Gasteiger partial charge in [-0.05, 0) is 55.6 Å². The van der Waals surface area contributed by atoms with E-state index < -0.39 is 5.97 Å². The van der Waals surface area contributed by atoms with Gasteiger partial charge >= 0.3 is 5.97 Å². The first-order valence-electron chi connectivity index (χ1n) is 6.82. The molecule has 0 bridgehead atoms. The highest BCUT2D eigenvalue weighted by Crippen LogP contribution is 2.49. The maximum atomic E-state index is 11.1. The fraction of sp³-hybridized carbons (Fsp3) is 0.533. The minimum atomic E-state index is -0.854. The highest BCUT2D eigenvalue weighted by Gasteiger charge is 2.41. The Labute approximate surface area is 107 Å². The Hall–Kier alpha value is -1.51.